The van der Waals surface area contributed by atoms with Crippen LogP contribution in [0, 0.1) is 30.1 Å². The number of benzene rings is 1. The average Bonchev–Trinajstić information content (AvgIpc) is 3.13. The van der Waals surface area contributed by atoms with E-state index in [-0.39, 0.29) is 22.8 Å². The van der Waals surface area contributed by atoms with Crippen LogP contribution < -0.4 is 0 Å². The van der Waals surface area contributed by atoms with Crippen molar-refractivity contribution >= 4 is 10.1 Å². The number of hydrogen-bond acceptors (Lipinski definition) is 5. The maximum absolute atomic E-state index is 12.7. The molecule has 0 saturated heterocycles. The van der Waals surface area contributed by atoms with Gasteiger partial charge in [0.15, 0.2) is 0 Å². The molecule has 0 aliphatic heterocycles. The Kier molecular flexibility index (Phi) is 7.73. The van der Waals surface area contributed by atoms with Crippen LogP contribution in [0.5, 0.6) is 0 Å². The number of allylic oxidation sites excluding steroid dienone is 3. The average molecular weight is 489 g/mol. The summed E-state index contributed by atoms with van der Waals surface area (Å²) in [6, 6.07) is 6.81. The van der Waals surface area contributed by atoms with Gasteiger partial charge in [-0.15, -0.1) is 0 Å². The smallest absolute Gasteiger partial charge is 0.296 e. The third kappa shape index (κ3) is 5.51. The molecule has 0 amide bonds. The molecule has 34 heavy (non-hydrogen) atoms. The highest BCUT2D eigenvalue weighted by Gasteiger charge is 2.50. The van der Waals surface area contributed by atoms with Gasteiger partial charge in [-0.05, 0) is 93.6 Å². The quantitative estimate of drug-likeness (QED) is 0.530. The molecule has 188 valence electrons. The highest BCUT2D eigenvalue weighted by atomic mass is 32.2. The highest BCUT2D eigenvalue weighted by molar-refractivity contribution is 7.86. The monoisotopic (exact) mass is 488 g/mol. The normalized spacial score (nSPS) is 35.4. The standard InChI is InChI=1S/C28H40O5S/c1-19-6-10-25(11-7-19)34(31,32)33-18-20(2)26-12-13-27-22(5-4-14-28(26,27)3)9-8-21-15-23(29)17-24(30)16-21/h6-11,20,23-24,26-27,29-30H,4-5,12-18H2,1-3H3/b21-8-,22-9+/t20-,23+,24-,26+,27-,28+/m0/s1. The molecule has 0 aromatic heterocycles. The van der Waals surface area contributed by atoms with Crippen LogP contribution in [0.25, 0.3) is 0 Å². The first-order chi connectivity index (χ1) is 16.1. The molecule has 3 aliphatic carbocycles. The largest absolute Gasteiger partial charge is 0.393 e. The summed E-state index contributed by atoms with van der Waals surface area (Å²) in [4.78, 5) is 0.217. The van der Waals surface area contributed by atoms with E-state index in [9.17, 15) is 18.6 Å². The van der Waals surface area contributed by atoms with Crippen molar-refractivity contribution in [3.8, 4) is 0 Å². The van der Waals surface area contributed by atoms with Crippen molar-refractivity contribution in [1.29, 1.82) is 0 Å². The van der Waals surface area contributed by atoms with Gasteiger partial charge < -0.3 is 10.2 Å². The van der Waals surface area contributed by atoms with E-state index >= 15 is 0 Å². The minimum Gasteiger partial charge on any atom is -0.393 e. The van der Waals surface area contributed by atoms with Crippen molar-refractivity contribution in [1.82, 2.24) is 0 Å². The van der Waals surface area contributed by atoms with Crippen LogP contribution in [0.15, 0.2) is 52.5 Å². The second-order valence-corrected chi connectivity index (χ2v) is 12.8. The maximum Gasteiger partial charge on any atom is 0.296 e. The lowest BCUT2D eigenvalue weighted by Crippen LogP contribution is -2.37. The van der Waals surface area contributed by atoms with Gasteiger partial charge in [0.2, 0.25) is 0 Å². The molecule has 6 atom stereocenters. The predicted molar refractivity (Wildman–Crippen MR) is 134 cm³/mol. The second-order valence-electron chi connectivity index (χ2n) is 11.1. The Morgan fingerprint density at radius 1 is 1.12 bits per heavy atom. The number of rotatable bonds is 6. The number of fused-ring (bicyclic) bond motifs is 1. The molecular weight excluding hydrogens is 448 g/mol. The SMILES string of the molecule is Cc1ccc(S(=O)(=O)OC[C@H](C)[C@H]2CC[C@H]3/C(=C/C=C4/C[C@@H](O)C[C@@H](O)C4)CCC[C@]23C)cc1. The van der Waals surface area contributed by atoms with Crippen LogP contribution in [0.1, 0.15) is 70.8 Å². The van der Waals surface area contributed by atoms with Gasteiger partial charge >= 0.3 is 0 Å². The predicted octanol–water partition coefficient (Wildman–Crippen LogP) is 5.31. The zero-order valence-corrected chi connectivity index (χ0v) is 21.6. The summed E-state index contributed by atoms with van der Waals surface area (Å²) in [5.41, 5.74) is 3.76. The highest BCUT2D eigenvalue weighted by Crippen LogP contribution is 2.59. The Balaban J connectivity index is 1.43. The molecule has 2 N–H and O–H groups in total. The first-order valence-corrected chi connectivity index (χ1v) is 14.2. The number of hydrogen-bond donors (Lipinski definition) is 2. The molecule has 3 fully saturated rings. The Hall–Kier alpha value is -1.47. The van der Waals surface area contributed by atoms with E-state index in [2.05, 4.69) is 26.0 Å². The molecule has 3 saturated carbocycles. The number of aliphatic hydroxyl groups is 2. The summed E-state index contributed by atoms with van der Waals surface area (Å²) in [6.45, 7) is 6.66. The van der Waals surface area contributed by atoms with E-state index in [1.165, 1.54) is 5.57 Å². The second kappa shape index (κ2) is 10.3. The summed E-state index contributed by atoms with van der Waals surface area (Å²) in [7, 11) is -3.75. The molecule has 4 rings (SSSR count). The number of aliphatic hydroxyl groups excluding tert-OH is 2. The van der Waals surface area contributed by atoms with Crippen LogP contribution >= 0.6 is 0 Å². The van der Waals surface area contributed by atoms with Crippen LogP contribution in [-0.2, 0) is 14.3 Å². The van der Waals surface area contributed by atoms with Crippen molar-refractivity contribution in [2.45, 2.75) is 89.2 Å². The topological polar surface area (TPSA) is 83.8 Å². The van der Waals surface area contributed by atoms with Crippen LogP contribution in [0.2, 0.25) is 0 Å². The zero-order valence-electron chi connectivity index (χ0n) is 20.7. The molecule has 6 heteroatoms. The van der Waals surface area contributed by atoms with Crippen LogP contribution in [0.4, 0.5) is 0 Å². The van der Waals surface area contributed by atoms with Crippen molar-refractivity contribution < 1.29 is 22.8 Å². The third-order valence-electron chi connectivity index (χ3n) is 8.59. The molecule has 1 aromatic carbocycles. The van der Waals surface area contributed by atoms with Gasteiger partial charge in [-0.25, -0.2) is 0 Å². The third-order valence-corrected chi connectivity index (χ3v) is 9.89. The van der Waals surface area contributed by atoms with Crippen LogP contribution in [0.3, 0.4) is 0 Å². The molecule has 5 nitrogen and oxygen atoms in total. The lowest BCUT2D eigenvalue weighted by Gasteiger charge is -2.44. The van der Waals surface area contributed by atoms with Gasteiger partial charge in [0, 0.05) is 0 Å². The number of aryl methyl sites for hydroxylation is 1. The van der Waals surface area contributed by atoms with Gasteiger partial charge in [-0.2, -0.15) is 8.42 Å². The van der Waals surface area contributed by atoms with E-state index in [1.54, 1.807) is 24.3 Å². The van der Waals surface area contributed by atoms with Crippen LogP contribution in [-0.4, -0.2) is 37.4 Å². The van der Waals surface area contributed by atoms with Gasteiger partial charge in [0.05, 0.1) is 23.7 Å². The van der Waals surface area contributed by atoms with Gasteiger partial charge in [-0.1, -0.05) is 54.8 Å². The summed E-state index contributed by atoms with van der Waals surface area (Å²) in [5.74, 6) is 1.06. The van der Waals surface area contributed by atoms with Gasteiger partial charge in [0.25, 0.3) is 10.1 Å². The van der Waals surface area contributed by atoms with Crippen molar-refractivity contribution in [2.24, 2.45) is 23.2 Å². The molecule has 0 heterocycles. The zero-order chi connectivity index (χ0) is 24.5. The lowest BCUT2D eigenvalue weighted by atomic mass is 9.61. The fraction of sp³-hybridized carbons (Fsp3) is 0.643. The Morgan fingerprint density at radius 3 is 2.47 bits per heavy atom. The Morgan fingerprint density at radius 2 is 1.79 bits per heavy atom. The fourth-order valence-electron chi connectivity index (χ4n) is 6.83. The minimum absolute atomic E-state index is 0.143. The summed E-state index contributed by atoms with van der Waals surface area (Å²) < 4.78 is 30.9. The summed E-state index contributed by atoms with van der Waals surface area (Å²) in [6.07, 6.45) is 10.9. The molecule has 0 bridgehead atoms. The molecule has 3 aliphatic rings. The minimum atomic E-state index is -3.75. The van der Waals surface area contributed by atoms with E-state index in [4.69, 9.17) is 4.18 Å². The molecular formula is C28H40O5S. The van der Waals surface area contributed by atoms with Crippen molar-refractivity contribution in [3.63, 3.8) is 0 Å². The van der Waals surface area contributed by atoms with E-state index < -0.39 is 22.3 Å². The maximum atomic E-state index is 12.7. The Bertz CT molecular complexity index is 1010. The van der Waals surface area contributed by atoms with E-state index in [1.807, 2.05) is 6.92 Å². The van der Waals surface area contributed by atoms with Gasteiger partial charge in [0.1, 0.15) is 0 Å². The lowest BCUT2D eigenvalue weighted by molar-refractivity contribution is 0.0609. The molecule has 0 spiro atoms. The van der Waals surface area contributed by atoms with Crippen molar-refractivity contribution in [3.05, 3.63) is 53.1 Å². The summed E-state index contributed by atoms with van der Waals surface area (Å²) >= 11 is 0. The Labute approximate surface area is 205 Å². The summed E-state index contributed by atoms with van der Waals surface area (Å²) in [5, 5.41) is 20.0. The molecule has 0 unspecified atom stereocenters. The fourth-order valence-corrected chi connectivity index (χ4v) is 7.83. The van der Waals surface area contributed by atoms with Crippen molar-refractivity contribution in [2.75, 3.05) is 6.61 Å². The first kappa shape index (κ1) is 25.6. The first-order valence-electron chi connectivity index (χ1n) is 12.8. The van der Waals surface area contributed by atoms with E-state index in [0.29, 0.717) is 31.1 Å². The van der Waals surface area contributed by atoms with E-state index in [0.717, 1.165) is 43.2 Å². The van der Waals surface area contributed by atoms with Gasteiger partial charge in [-0.3, -0.25) is 4.18 Å². The molecule has 0 radical (unpaired) electrons. The molecule has 1 aromatic rings.